The third-order valence-corrected chi connectivity index (χ3v) is 8.86. The summed E-state index contributed by atoms with van der Waals surface area (Å²) in [6.07, 6.45) is 6.20. The molecule has 1 saturated carbocycles. The highest BCUT2D eigenvalue weighted by Crippen LogP contribution is 2.30. The van der Waals surface area contributed by atoms with Crippen LogP contribution in [0.2, 0.25) is 0 Å². The van der Waals surface area contributed by atoms with Gasteiger partial charge in [0.05, 0.1) is 11.5 Å². The van der Waals surface area contributed by atoms with Crippen LogP contribution < -0.4 is 5.32 Å². The SMILES string of the molecule is O=C1N[C@H](Cc2c[nH]c3ccccc23)C(=O)N1CC(=O)N(C1CCCC1)[C@H]1CCS(=O)(=O)C1. The molecule has 0 unspecified atom stereocenters. The Labute approximate surface area is 192 Å². The molecule has 0 radical (unpaired) electrons. The number of hydrogen-bond donors (Lipinski definition) is 2. The monoisotopic (exact) mass is 472 g/mol. The van der Waals surface area contributed by atoms with Crippen molar-refractivity contribution in [1.82, 2.24) is 20.1 Å². The molecule has 9 nitrogen and oxygen atoms in total. The van der Waals surface area contributed by atoms with E-state index in [1.54, 1.807) is 4.90 Å². The average molecular weight is 473 g/mol. The van der Waals surface area contributed by atoms with Crippen LogP contribution in [0.25, 0.3) is 10.9 Å². The molecule has 0 bridgehead atoms. The number of sulfone groups is 1. The molecule has 1 aliphatic carbocycles. The van der Waals surface area contributed by atoms with E-state index < -0.39 is 27.8 Å². The van der Waals surface area contributed by atoms with Crippen molar-refractivity contribution in [3.63, 3.8) is 0 Å². The Balaban J connectivity index is 1.30. The molecule has 0 spiro atoms. The van der Waals surface area contributed by atoms with Crippen molar-refractivity contribution in [3.05, 3.63) is 36.0 Å². The zero-order valence-corrected chi connectivity index (χ0v) is 19.1. The first-order valence-corrected chi connectivity index (χ1v) is 13.3. The highest BCUT2D eigenvalue weighted by atomic mass is 32.2. The lowest BCUT2D eigenvalue weighted by Gasteiger charge is -2.34. The summed E-state index contributed by atoms with van der Waals surface area (Å²) >= 11 is 0. The second kappa shape index (κ2) is 8.48. The van der Waals surface area contributed by atoms with Crippen molar-refractivity contribution in [3.8, 4) is 0 Å². The third-order valence-electron chi connectivity index (χ3n) is 7.11. The van der Waals surface area contributed by atoms with Gasteiger partial charge in [0.15, 0.2) is 9.84 Å². The van der Waals surface area contributed by atoms with Crippen LogP contribution in [0, 0.1) is 0 Å². The fourth-order valence-electron chi connectivity index (χ4n) is 5.48. The van der Waals surface area contributed by atoms with Crippen LogP contribution in [0.15, 0.2) is 30.5 Å². The van der Waals surface area contributed by atoms with Gasteiger partial charge in [-0.05, 0) is 30.9 Å². The maximum Gasteiger partial charge on any atom is 0.325 e. The summed E-state index contributed by atoms with van der Waals surface area (Å²) in [5.74, 6) is -0.743. The minimum atomic E-state index is -3.16. The molecule has 2 N–H and O–H groups in total. The normalized spacial score (nSPS) is 25.2. The maximum absolute atomic E-state index is 13.3. The van der Waals surface area contributed by atoms with Crippen LogP contribution in [-0.2, 0) is 25.8 Å². The van der Waals surface area contributed by atoms with E-state index in [-0.39, 0.29) is 36.0 Å². The molecular weight excluding hydrogens is 444 g/mol. The number of rotatable bonds is 6. The Bertz CT molecular complexity index is 1200. The lowest BCUT2D eigenvalue weighted by Crippen LogP contribution is -2.51. The summed E-state index contributed by atoms with van der Waals surface area (Å²) in [5, 5.41) is 3.70. The number of nitrogens with one attached hydrogen (secondary N) is 2. The van der Waals surface area contributed by atoms with E-state index in [0.29, 0.717) is 12.8 Å². The summed E-state index contributed by atoms with van der Waals surface area (Å²) in [7, 11) is -3.16. The predicted molar refractivity (Wildman–Crippen MR) is 122 cm³/mol. The van der Waals surface area contributed by atoms with E-state index in [4.69, 9.17) is 0 Å². The van der Waals surface area contributed by atoms with Crippen LogP contribution in [-0.4, -0.2) is 77.2 Å². The fraction of sp³-hybridized carbons (Fsp3) is 0.522. The number of aromatic nitrogens is 1. The van der Waals surface area contributed by atoms with Gasteiger partial charge in [-0.2, -0.15) is 0 Å². The number of nitrogens with zero attached hydrogens (tertiary/aromatic N) is 2. The van der Waals surface area contributed by atoms with Gasteiger partial charge in [0.2, 0.25) is 5.91 Å². The molecule has 4 amide bonds. The molecule has 3 heterocycles. The van der Waals surface area contributed by atoms with Crippen molar-refractivity contribution in [2.75, 3.05) is 18.1 Å². The first-order valence-electron chi connectivity index (χ1n) is 11.5. The largest absolute Gasteiger partial charge is 0.361 e. The van der Waals surface area contributed by atoms with Gasteiger partial charge < -0.3 is 15.2 Å². The second-order valence-corrected chi connectivity index (χ2v) is 11.5. The molecule has 1 aromatic heterocycles. The van der Waals surface area contributed by atoms with Gasteiger partial charge >= 0.3 is 6.03 Å². The Morgan fingerprint density at radius 1 is 1.09 bits per heavy atom. The Morgan fingerprint density at radius 2 is 1.85 bits per heavy atom. The van der Waals surface area contributed by atoms with Gasteiger partial charge in [-0.15, -0.1) is 0 Å². The van der Waals surface area contributed by atoms with Gasteiger partial charge in [-0.1, -0.05) is 31.0 Å². The number of amides is 4. The minimum absolute atomic E-state index is 0.0291. The second-order valence-electron chi connectivity index (χ2n) is 9.29. The number of hydrogen-bond acceptors (Lipinski definition) is 5. The number of aromatic amines is 1. The van der Waals surface area contributed by atoms with E-state index in [0.717, 1.165) is 47.0 Å². The highest BCUT2D eigenvalue weighted by Gasteiger charge is 2.43. The molecule has 2 saturated heterocycles. The maximum atomic E-state index is 13.3. The molecule has 2 aliphatic heterocycles. The summed E-state index contributed by atoms with van der Waals surface area (Å²) in [6, 6.07) is 6.01. The van der Waals surface area contributed by atoms with Crippen molar-refractivity contribution >= 4 is 38.6 Å². The number of benzene rings is 1. The Hall–Kier alpha value is -2.88. The van der Waals surface area contributed by atoms with Crippen molar-refractivity contribution in [2.45, 2.75) is 56.7 Å². The average Bonchev–Trinajstić information content (AvgIpc) is 3.56. The zero-order valence-electron chi connectivity index (χ0n) is 18.3. The summed E-state index contributed by atoms with van der Waals surface area (Å²) in [4.78, 5) is 44.8. The molecule has 2 aromatic rings. The predicted octanol–water partition coefficient (Wildman–Crippen LogP) is 1.59. The van der Waals surface area contributed by atoms with Gasteiger partial charge in [-0.25, -0.2) is 13.2 Å². The first-order chi connectivity index (χ1) is 15.8. The van der Waals surface area contributed by atoms with Crippen molar-refractivity contribution in [2.24, 2.45) is 0 Å². The smallest absolute Gasteiger partial charge is 0.325 e. The van der Waals surface area contributed by atoms with Crippen LogP contribution in [0.3, 0.4) is 0 Å². The van der Waals surface area contributed by atoms with Crippen molar-refractivity contribution < 1.29 is 22.8 Å². The fourth-order valence-corrected chi connectivity index (χ4v) is 7.20. The van der Waals surface area contributed by atoms with Gasteiger partial charge in [0, 0.05) is 35.6 Å². The van der Waals surface area contributed by atoms with E-state index >= 15 is 0 Å². The Morgan fingerprint density at radius 3 is 2.58 bits per heavy atom. The van der Waals surface area contributed by atoms with Gasteiger partial charge in [-0.3, -0.25) is 14.5 Å². The third kappa shape index (κ3) is 4.23. The van der Waals surface area contributed by atoms with Crippen LogP contribution in [0.1, 0.15) is 37.7 Å². The zero-order chi connectivity index (χ0) is 23.2. The molecule has 3 aliphatic rings. The quantitative estimate of drug-likeness (QED) is 0.619. The van der Waals surface area contributed by atoms with E-state index in [1.807, 2.05) is 30.5 Å². The Kier molecular flexibility index (Phi) is 5.64. The number of imide groups is 1. The molecule has 33 heavy (non-hydrogen) atoms. The van der Waals surface area contributed by atoms with E-state index in [1.165, 1.54) is 0 Å². The molecule has 3 fully saturated rings. The van der Waals surface area contributed by atoms with E-state index in [2.05, 4.69) is 10.3 Å². The molecule has 176 valence electrons. The molecule has 1 aromatic carbocycles. The lowest BCUT2D eigenvalue weighted by molar-refractivity contribution is -0.140. The number of H-pyrrole nitrogens is 1. The standard InChI is InChI=1S/C23H28N4O5S/c28-21(27(16-5-1-2-6-16)17-9-10-33(31,32)14-17)13-26-22(29)20(25-23(26)30)11-15-12-24-19-8-4-3-7-18(15)19/h3-4,7-8,12,16-17,20,24H,1-2,5-6,9-11,13-14H2,(H,25,30)/t17-,20+/m0/s1. The number of para-hydroxylation sites is 1. The minimum Gasteiger partial charge on any atom is -0.361 e. The molecule has 10 heteroatoms. The first kappa shape index (κ1) is 21.9. The number of carbonyl (C=O) groups excluding carboxylic acids is 3. The summed E-state index contributed by atoms with van der Waals surface area (Å²) in [5.41, 5.74) is 1.87. The van der Waals surface area contributed by atoms with E-state index in [9.17, 15) is 22.8 Å². The highest BCUT2D eigenvalue weighted by molar-refractivity contribution is 7.91. The van der Waals surface area contributed by atoms with Gasteiger partial charge in [0.1, 0.15) is 12.6 Å². The summed E-state index contributed by atoms with van der Waals surface area (Å²) in [6.45, 7) is -0.359. The van der Waals surface area contributed by atoms with Crippen LogP contribution in [0.5, 0.6) is 0 Å². The lowest BCUT2D eigenvalue weighted by atomic mass is 10.0. The van der Waals surface area contributed by atoms with Gasteiger partial charge in [0.25, 0.3) is 5.91 Å². The summed E-state index contributed by atoms with van der Waals surface area (Å²) < 4.78 is 24.1. The molecule has 2 atom stereocenters. The number of carbonyl (C=O) groups is 3. The molecule has 5 rings (SSSR count). The van der Waals surface area contributed by atoms with Crippen molar-refractivity contribution in [1.29, 1.82) is 0 Å². The number of fused-ring (bicyclic) bond motifs is 1. The van der Waals surface area contributed by atoms with Crippen LogP contribution >= 0.6 is 0 Å². The molecular formula is C23H28N4O5S. The topological polar surface area (TPSA) is 120 Å². The number of urea groups is 1. The van der Waals surface area contributed by atoms with Crippen LogP contribution in [0.4, 0.5) is 4.79 Å².